The number of hydrogen-bond donors (Lipinski definition) is 1. The van der Waals surface area contributed by atoms with Gasteiger partial charge in [0, 0.05) is 0 Å². The zero-order chi connectivity index (χ0) is 16.2. The average molecular weight is 304 g/mol. The molecule has 0 bridgehead atoms. The van der Waals surface area contributed by atoms with Crippen LogP contribution < -0.4 is 0 Å². The molecular formula is C19H28O3. The van der Waals surface area contributed by atoms with Gasteiger partial charge in [-0.3, -0.25) is 0 Å². The minimum Gasteiger partial charge on any atom is -0.394 e. The summed E-state index contributed by atoms with van der Waals surface area (Å²) in [6.07, 6.45) is 5.38. The molecule has 0 radical (unpaired) electrons. The minimum atomic E-state index is -0.239. The van der Waals surface area contributed by atoms with Gasteiger partial charge in [0.25, 0.3) is 0 Å². The number of rotatable bonds is 12. The molecule has 1 N–H and O–H groups in total. The summed E-state index contributed by atoms with van der Waals surface area (Å²) in [5.41, 5.74) is 1.14. The summed E-state index contributed by atoms with van der Waals surface area (Å²) in [5, 5.41) is 9.40. The Kier molecular flexibility index (Phi) is 9.47. The van der Waals surface area contributed by atoms with Gasteiger partial charge in [-0.15, -0.1) is 13.2 Å². The molecule has 0 heterocycles. The van der Waals surface area contributed by atoms with Crippen LogP contribution in [0.5, 0.6) is 0 Å². The van der Waals surface area contributed by atoms with Crippen molar-refractivity contribution < 1.29 is 14.6 Å². The lowest BCUT2D eigenvalue weighted by atomic mass is 10.1. The molecule has 0 saturated heterocycles. The smallest absolute Gasteiger partial charge is 0.0876 e. The van der Waals surface area contributed by atoms with E-state index in [1.165, 1.54) is 0 Å². The summed E-state index contributed by atoms with van der Waals surface area (Å²) in [6.45, 7) is 10.1. The Labute approximate surface area is 134 Å². The molecule has 0 aromatic heterocycles. The lowest BCUT2D eigenvalue weighted by Gasteiger charge is -2.29. The highest BCUT2D eigenvalue weighted by Crippen LogP contribution is 2.18. The van der Waals surface area contributed by atoms with Gasteiger partial charge in [0.15, 0.2) is 0 Å². The highest BCUT2D eigenvalue weighted by molar-refractivity contribution is 5.13. The van der Waals surface area contributed by atoms with Crippen LogP contribution in [-0.4, -0.2) is 30.0 Å². The van der Waals surface area contributed by atoms with E-state index in [-0.39, 0.29) is 24.9 Å². The monoisotopic (exact) mass is 304 g/mol. The fraction of sp³-hybridized carbons (Fsp3) is 0.474. The molecule has 0 aliphatic rings. The Morgan fingerprint density at radius 1 is 1.09 bits per heavy atom. The number of hydrogen-bond acceptors (Lipinski definition) is 3. The Hall–Kier alpha value is -1.42. The van der Waals surface area contributed by atoms with E-state index in [1.54, 1.807) is 6.08 Å². The highest BCUT2D eigenvalue weighted by Gasteiger charge is 2.23. The zero-order valence-corrected chi connectivity index (χ0v) is 13.5. The Morgan fingerprint density at radius 2 is 1.77 bits per heavy atom. The third-order valence-corrected chi connectivity index (χ3v) is 3.52. The first-order chi connectivity index (χ1) is 10.7. The SMILES string of the molecule is C=CC[C@H](CO)O[C@H](CC=C)[C@H](CC)OCc1ccccc1. The van der Waals surface area contributed by atoms with Gasteiger partial charge in [0.1, 0.15) is 0 Å². The van der Waals surface area contributed by atoms with Crippen molar-refractivity contribution in [1.29, 1.82) is 0 Å². The predicted molar refractivity (Wildman–Crippen MR) is 90.7 cm³/mol. The second-order valence-corrected chi connectivity index (χ2v) is 5.27. The standard InChI is InChI=1S/C19H28O3/c1-4-10-17(14-20)22-19(11-5-2)18(6-3)21-15-16-12-8-7-9-13-16/h4-5,7-9,12-13,17-20H,1-2,6,10-11,14-15H2,3H3/t17-,18+,19-/m1/s1. The quantitative estimate of drug-likeness (QED) is 0.596. The van der Waals surface area contributed by atoms with Gasteiger partial charge in [-0.1, -0.05) is 49.4 Å². The molecule has 0 aliphatic heterocycles. The fourth-order valence-corrected chi connectivity index (χ4v) is 2.33. The van der Waals surface area contributed by atoms with Crippen molar-refractivity contribution >= 4 is 0 Å². The number of aliphatic hydroxyl groups is 1. The molecule has 1 aromatic carbocycles. The van der Waals surface area contributed by atoms with Crippen LogP contribution in [0.25, 0.3) is 0 Å². The normalized spacial score (nSPS) is 15.0. The largest absolute Gasteiger partial charge is 0.394 e. The van der Waals surface area contributed by atoms with E-state index < -0.39 is 0 Å². The summed E-state index contributed by atoms with van der Waals surface area (Å²) >= 11 is 0. The first-order valence-corrected chi connectivity index (χ1v) is 7.88. The Bertz CT molecular complexity index is 416. The molecule has 0 saturated carbocycles. The maximum absolute atomic E-state index is 9.40. The van der Waals surface area contributed by atoms with E-state index in [0.29, 0.717) is 19.4 Å². The van der Waals surface area contributed by atoms with Gasteiger partial charge < -0.3 is 14.6 Å². The van der Waals surface area contributed by atoms with E-state index in [9.17, 15) is 5.11 Å². The van der Waals surface area contributed by atoms with Crippen LogP contribution in [0, 0.1) is 0 Å². The molecule has 22 heavy (non-hydrogen) atoms. The zero-order valence-electron chi connectivity index (χ0n) is 13.5. The predicted octanol–water partition coefficient (Wildman–Crippen LogP) is 3.88. The molecule has 0 unspecified atom stereocenters. The van der Waals surface area contributed by atoms with Gasteiger partial charge >= 0.3 is 0 Å². The molecule has 0 fully saturated rings. The van der Waals surface area contributed by atoms with Gasteiger partial charge in [-0.2, -0.15) is 0 Å². The minimum absolute atomic E-state index is 0.0191. The molecule has 0 aliphatic carbocycles. The molecule has 3 atom stereocenters. The summed E-state index contributed by atoms with van der Waals surface area (Å²) in [7, 11) is 0. The lowest BCUT2D eigenvalue weighted by molar-refractivity contribution is -0.115. The summed E-state index contributed by atoms with van der Waals surface area (Å²) in [4.78, 5) is 0. The van der Waals surface area contributed by atoms with Crippen LogP contribution in [0.2, 0.25) is 0 Å². The Morgan fingerprint density at radius 3 is 2.32 bits per heavy atom. The molecule has 1 aromatic rings. The second-order valence-electron chi connectivity index (χ2n) is 5.27. The van der Waals surface area contributed by atoms with E-state index in [1.807, 2.05) is 36.4 Å². The topological polar surface area (TPSA) is 38.7 Å². The van der Waals surface area contributed by atoms with Gasteiger partial charge in [0.2, 0.25) is 0 Å². The van der Waals surface area contributed by atoms with Crippen LogP contribution in [0.3, 0.4) is 0 Å². The van der Waals surface area contributed by atoms with E-state index in [2.05, 4.69) is 20.1 Å². The maximum Gasteiger partial charge on any atom is 0.0876 e. The van der Waals surface area contributed by atoms with Crippen molar-refractivity contribution in [1.82, 2.24) is 0 Å². The van der Waals surface area contributed by atoms with Crippen LogP contribution in [0.4, 0.5) is 0 Å². The van der Waals surface area contributed by atoms with E-state index in [4.69, 9.17) is 9.47 Å². The third-order valence-electron chi connectivity index (χ3n) is 3.52. The average Bonchev–Trinajstić information content (AvgIpc) is 2.55. The maximum atomic E-state index is 9.40. The molecule has 1 rings (SSSR count). The van der Waals surface area contributed by atoms with E-state index >= 15 is 0 Å². The van der Waals surface area contributed by atoms with Crippen molar-refractivity contribution in [3.05, 3.63) is 61.2 Å². The number of aliphatic hydroxyl groups excluding tert-OH is 1. The van der Waals surface area contributed by atoms with Crippen molar-refractivity contribution in [3.63, 3.8) is 0 Å². The molecule has 3 nitrogen and oxygen atoms in total. The van der Waals surface area contributed by atoms with Gasteiger partial charge in [0.05, 0.1) is 31.5 Å². The summed E-state index contributed by atoms with van der Waals surface area (Å²) < 4.78 is 12.0. The molecule has 0 spiro atoms. The molecular weight excluding hydrogens is 276 g/mol. The summed E-state index contributed by atoms with van der Waals surface area (Å²) in [5.74, 6) is 0. The van der Waals surface area contributed by atoms with Crippen molar-refractivity contribution in [3.8, 4) is 0 Å². The van der Waals surface area contributed by atoms with Gasteiger partial charge in [-0.05, 0) is 24.8 Å². The van der Waals surface area contributed by atoms with Crippen molar-refractivity contribution in [2.45, 2.75) is 51.1 Å². The molecule has 3 heteroatoms. The Balaban J connectivity index is 2.63. The second kappa shape index (κ2) is 11.2. The third kappa shape index (κ3) is 6.56. The molecule has 0 amide bonds. The first kappa shape index (κ1) is 18.6. The summed E-state index contributed by atoms with van der Waals surface area (Å²) in [6, 6.07) is 10.1. The number of ether oxygens (including phenoxy) is 2. The highest BCUT2D eigenvalue weighted by atomic mass is 16.5. The lowest BCUT2D eigenvalue weighted by Crippen LogP contribution is -2.35. The first-order valence-electron chi connectivity index (χ1n) is 7.88. The van der Waals surface area contributed by atoms with Crippen LogP contribution in [-0.2, 0) is 16.1 Å². The fourth-order valence-electron chi connectivity index (χ4n) is 2.33. The number of benzene rings is 1. The van der Waals surface area contributed by atoms with E-state index in [0.717, 1.165) is 12.0 Å². The van der Waals surface area contributed by atoms with Crippen LogP contribution in [0.15, 0.2) is 55.6 Å². The van der Waals surface area contributed by atoms with Crippen molar-refractivity contribution in [2.24, 2.45) is 0 Å². The van der Waals surface area contributed by atoms with Crippen molar-refractivity contribution in [2.75, 3.05) is 6.61 Å². The van der Waals surface area contributed by atoms with Crippen LogP contribution >= 0.6 is 0 Å². The van der Waals surface area contributed by atoms with Crippen LogP contribution in [0.1, 0.15) is 31.7 Å². The molecule has 122 valence electrons. The van der Waals surface area contributed by atoms with Gasteiger partial charge in [-0.25, -0.2) is 0 Å².